The first-order valence-electron chi connectivity index (χ1n) is 7.78. The molecule has 0 unspecified atom stereocenters. The standard InChI is InChI=1S/C17H22FN5O2/c1-11-5-6-13(7-14(11)18)21-17(25)16(24)19-9-15(22(2)3)12-8-20-23(4)10-12/h5-8,10,15H,9H2,1-4H3,(H,19,24)(H,21,25)/t15-/m0/s1. The molecule has 0 spiro atoms. The monoisotopic (exact) mass is 347 g/mol. The van der Waals surface area contributed by atoms with E-state index in [0.29, 0.717) is 5.56 Å². The Morgan fingerprint density at radius 1 is 1.32 bits per heavy atom. The van der Waals surface area contributed by atoms with Crippen LogP contribution >= 0.6 is 0 Å². The lowest BCUT2D eigenvalue weighted by Crippen LogP contribution is -2.40. The van der Waals surface area contributed by atoms with Gasteiger partial charge in [0.05, 0.1) is 12.2 Å². The fourth-order valence-electron chi connectivity index (χ4n) is 2.34. The summed E-state index contributed by atoms with van der Waals surface area (Å²) in [5, 5.41) is 9.10. The maximum absolute atomic E-state index is 13.5. The van der Waals surface area contributed by atoms with Crippen molar-refractivity contribution in [2.75, 3.05) is 26.0 Å². The molecule has 25 heavy (non-hydrogen) atoms. The fraction of sp³-hybridized carbons (Fsp3) is 0.353. The van der Waals surface area contributed by atoms with Gasteiger partial charge >= 0.3 is 11.8 Å². The van der Waals surface area contributed by atoms with E-state index in [1.807, 2.05) is 32.2 Å². The highest BCUT2D eigenvalue weighted by Crippen LogP contribution is 2.16. The molecule has 0 aliphatic heterocycles. The van der Waals surface area contributed by atoms with Crippen LogP contribution < -0.4 is 10.6 Å². The van der Waals surface area contributed by atoms with Crippen molar-refractivity contribution >= 4 is 17.5 Å². The summed E-state index contributed by atoms with van der Waals surface area (Å²) in [6.07, 6.45) is 3.57. The lowest BCUT2D eigenvalue weighted by molar-refractivity contribution is -0.136. The van der Waals surface area contributed by atoms with Crippen LogP contribution in [0.1, 0.15) is 17.2 Å². The van der Waals surface area contributed by atoms with Crippen molar-refractivity contribution in [1.82, 2.24) is 20.0 Å². The number of hydrogen-bond donors (Lipinski definition) is 2. The molecule has 7 nitrogen and oxygen atoms in total. The van der Waals surface area contributed by atoms with Crippen molar-refractivity contribution < 1.29 is 14.0 Å². The maximum Gasteiger partial charge on any atom is 0.313 e. The first-order chi connectivity index (χ1) is 11.8. The van der Waals surface area contributed by atoms with E-state index < -0.39 is 17.6 Å². The van der Waals surface area contributed by atoms with Crippen LogP contribution in [0.15, 0.2) is 30.6 Å². The topological polar surface area (TPSA) is 79.3 Å². The molecule has 0 aliphatic rings. The average molecular weight is 347 g/mol. The van der Waals surface area contributed by atoms with Gasteiger partial charge in [0.15, 0.2) is 0 Å². The first-order valence-corrected chi connectivity index (χ1v) is 7.78. The van der Waals surface area contributed by atoms with Crippen LogP contribution in [0.5, 0.6) is 0 Å². The summed E-state index contributed by atoms with van der Waals surface area (Å²) in [5.74, 6) is -2.06. The van der Waals surface area contributed by atoms with E-state index in [-0.39, 0.29) is 18.3 Å². The summed E-state index contributed by atoms with van der Waals surface area (Å²) in [6, 6.07) is 4.13. The third kappa shape index (κ3) is 4.87. The summed E-state index contributed by atoms with van der Waals surface area (Å²) < 4.78 is 15.2. The number of amides is 2. The van der Waals surface area contributed by atoms with Crippen molar-refractivity contribution in [3.63, 3.8) is 0 Å². The van der Waals surface area contributed by atoms with E-state index in [4.69, 9.17) is 0 Å². The number of halogens is 1. The molecule has 1 heterocycles. The second kappa shape index (κ2) is 7.89. The van der Waals surface area contributed by atoms with Crippen LogP contribution in [0.2, 0.25) is 0 Å². The number of nitrogens with one attached hydrogen (secondary N) is 2. The lowest BCUT2D eigenvalue weighted by atomic mass is 10.1. The molecule has 0 bridgehead atoms. The number of carbonyl (C=O) groups is 2. The number of benzene rings is 1. The van der Waals surface area contributed by atoms with Gasteiger partial charge in [-0.1, -0.05) is 6.07 Å². The number of anilines is 1. The molecule has 2 rings (SSSR count). The molecule has 1 aromatic carbocycles. The Labute approximate surface area is 145 Å². The largest absolute Gasteiger partial charge is 0.346 e. The van der Waals surface area contributed by atoms with Gasteiger partial charge < -0.3 is 15.5 Å². The van der Waals surface area contributed by atoms with Gasteiger partial charge in [-0.05, 0) is 38.7 Å². The smallest absolute Gasteiger partial charge is 0.313 e. The number of likely N-dealkylation sites (N-methyl/N-ethyl adjacent to an activating group) is 1. The quantitative estimate of drug-likeness (QED) is 0.797. The minimum atomic E-state index is -0.841. The van der Waals surface area contributed by atoms with Crippen molar-refractivity contribution in [2.24, 2.45) is 7.05 Å². The molecule has 2 amide bonds. The summed E-state index contributed by atoms with van der Waals surface area (Å²) in [6.45, 7) is 1.86. The summed E-state index contributed by atoms with van der Waals surface area (Å²) >= 11 is 0. The molecular weight excluding hydrogens is 325 g/mol. The minimum Gasteiger partial charge on any atom is -0.346 e. The van der Waals surface area contributed by atoms with E-state index in [9.17, 15) is 14.0 Å². The Balaban J connectivity index is 1.95. The molecule has 0 saturated carbocycles. The lowest BCUT2D eigenvalue weighted by Gasteiger charge is -2.23. The average Bonchev–Trinajstić information content (AvgIpc) is 2.96. The number of nitrogens with zero attached hydrogens (tertiary/aromatic N) is 3. The van der Waals surface area contributed by atoms with Crippen LogP contribution in [0.25, 0.3) is 0 Å². The fourth-order valence-corrected chi connectivity index (χ4v) is 2.34. The Hall–Kier alpha value is -2.74. The number of carbonyl (C=O) groups excluding carboxylic acids is 2. The number of rotatable bonds is 5. The summed E-state index contributed by atoms with van der Waals surface area (Å²) in [4.78, 5) is 25.9. The Kier molecular flexibility index (Phi) is 5.87. The Morgan fingerprint density at radius 2 is 2.04 bits per heavy atom. The molecule has 8 heteroatoms. The van der Waals surface area contributed by atoms with Crippen molar-refractivity contribution in [3.05, 3.63) is 47.5 Å². The molecule has 134 valence electrons. The van der Waals surface area contributed by atoms with Gasteiger partial charge in [0, 0.05) is 31.0 Å². The van der Waals surface area contributed by atoms with Crippen molar-refractivity contribution in [2.45, 2.75) is 13.0 Å². The molecular formula is C17H22FN5O2. The van der Waals surface area contributed by atoms with Gasteiger partial charge in [0.1, 0.15) is 5.82 Å². The summed E-state index contributed by atoms with van der Waals surface area (Å²) in [7, 11) is 5.56. The van der Waals surface area contributed by atoms with Crippen molar-refractivity contribution in [1.29, 1.82) is 0 Å². The zero-order valence-corrected chi connectivity index (χ0v) is 14.7. The molecule has 2 N–H and O–H groups in total. The van der Waals surface area contributed by atoms with E-state index >= 15 is 0 Å². The van der Waals surface area contributed by atoms with Crippen LogP contribution in [-0.4, -0.2) is 47.1 Å². The van der Waals surface area contributed by atoms with Gasteiger partial charge in [0.25, 0.3) is 0 Å². The van der Waals surface area contributed by atoms with Crippen LogP contribution in [-0.2, 0) is 16.6 Å². The van der Waals surface area contributed by atoms with Crippen LogP contribution in [0, 0.1) is 12.7 Å². The highest BCUT2D eigenvalue weighted by atomic mass is 19.1. The summed E-state index contributed by atoms with van der Waals surface area (Å²) in [5.41, 5.74) is 1.63. The van der Waals surface area contributed by atoms with Gasteiger partial charge in [-0.2, -0.15) is 5.10 Å². The molecule has 0 aliphatic carbocycles. The van der Waals surface area contributed by atoms with Crippen LogP contribution in [0.4, 0.5) is 10.1 Å². The molecule has 0 saturated heterocycles. The number of aromatic nitrogens is 2. The predicted molar refractivity (Wildman–Crippen MR) is 92.4 cm³/mol. The highest BCUT2D eigenvalue weighted by Gasteiger charge is 2.20. The molecule has 1 atom stereocenters. The zero-order valence-electron chi connectivity index (χ0n) is 14.7. The normalized spacial score (nSPS) is 12.1. The molecule has 0 radical (unpaired) electrons. The van der Waals surface area contributed by atoms with Gasteiger partial charge in [0.2, 0.25) is 0 Å². The van der Waals surface area contributed by atoms with Gasteiger partial charge in [-0.25, -0.2) is 4.39 Å². The number of hydrogen-bond acceptors (Lipinski definition) is 4. The first kappa shape index (κ1) is 18.6. The Bertz CT molecular complexity index is 772. The van der Waals surface area contributed by atoms with Gasteiger partial charge in [-0.3, -0.25) is 14.3 Å². The number of aryl methyl sites for hydroxylation is 2. The maximum atomic E-state index is 13.5. The van der Waals surface area contributed by atoms with Crippen molar-refractivity contribution in [3.8, 4) is 0 Å². The van der Waals surface area contributed by atoms with E-state index in [1.54, 1.807) is 23.9 Å². The second-order valence-corrected chi connectivity index (χ2v) is 6.05. The van der Waals surface area contributed by atoms with E-state index in [1.165, 1.54) is 12.1 Å². The second-order valence-electron chi connectivity index (χ2n) is 6.05. The van der Waals surface area contributed by atoms with Gasteiger partial charge in [-0.15, -0.1) is 0 Å². The molecule has 0 fully saturated rings. The highest BCUT2D eigenvalue weighted by molar-refractivity contribution is 6.39. The van der Waals surface area contributed by atoms with Crippen LogP contribution in [0.3, 0.4) is 0 Å². The van der Waals surface area contributed by atoms with E-state index in [0.717, 1.165) is 5.56 Å². The van der Waals surface area contributed by atoms with E-state index in [2.05, 4.69) is 15.7 Å². The molecule has 2 aromatic rings. The third-order valence-electron chi connectivity index (χ3n) is 3.82. The Morgan fingerprint density at radius 3 is 2.60 bits per heavy atom. The SMILES string of the molecule is Cc1ccc(NC(=O)C(=O)NC[C@@H](c2cnn(C)c2)N(C)C)cc1F. The third-order valence-corrected chi connectivity index (χ3v) is 3.82. The zero-order chi connectivity index (χ0) is 18.6. The molecule has 1 aromatic heterocycles. The minimum absolute atomic E-state index is 0.123. The predicted octanol–water partition coefficient (Wildman–Crippen LogP) is 1.23.